The molecule has 0 aliphatic carbocycles. The third-order valence-electron chi connectivity index (χ3n) is 3.75. The predicted octanol–water partition coefficient (Wildman–Crippen LogP) is 4.55. The highest BCUT2D eigenvalue weighted by Crippen LogP contribution is 2.33. The van der Waals surface area contributed by atoms with E-state index in [0.717, 1.165) is 34.4 Å². The second-order valence-corrected chi connectivity index (χ2v) is 7.48. The van der Waals surface area contributed by atoms with Crippen molar-refractivity contribution in [2.75, 3.05) is 11.9 Å². The molecular formula is C19H13F3N2O2S2. The van der Waals surface area contributed by atoms with Gasteiger partial charge in [-0.05, 0) is 29.8 Å². The molecule has 4 nitrogen and oxygen atoms in total. The van der Waals surface area contributed by atoms with Gasteiger partial charge in [-0.1, -0.05) is 60.4 Å². The molecule has 0 spiro atoms. The normalized spacial score (nSPS) is 16.0. The van der Waals surface area contributed by atoms with Gasteiger partial charge in [-0.2, -0.15) is 13.2 Å². The van der Waals surface area contributed by atoms with Gasteiger partial charge in [-0.15, -0.1) is 0 Å². The smallest absolute Gasteiger partial charge is 0.325 e. The molecule has 2 aromatic rings. The molecule has 1 fully saturated rings. The van der Waals surface area contributed by atoms with Gasteiger partial charge in [0.15, 0.2) is 0 Å². The first-order chi connectivity index (χ1) is 13.2. The van der Waals surface area contributed by atoms with E-state index in [-0.39, 0.29) is 16.6 Å². The van der Waals surface area contributed by atoms with Crippen molar-refractivity contribution in [3.8, 4) is 0 Å². The summed E-state index contributed by atoms with van der Waals surface area (Å²) < 4.78 is 38.5. The molecule has 1 heterocycles. The van der Waals surface area contributed by atoms with Crippen LogP contribution < -0.4 is 5.32 Å². The zero-order valence-electron chi connectivity index (χ0n) is 14.2. The van der Waals surface area contributed by atoms with Crippen LogP contribution in [-0.4, -0.2) is 27.6 Å². The Hall–Kier alpha value is -2.65. The van der Waals surface area contributed by atoms with Crippen molar-refractivity contribution in [1.29, 1.82) is 0 Å². The van der Waals surface area contributed by atoms with E-state index in [2.05, 4.69) is 5.32 Å². The molecular weight excluding hydrogens is 409 g/mol. The maximum absolute atomic E-state index is 12.8. The molecule has 1 aliphatic rings. The summed E-state index contributed by atoms with van der Waals surface area (Å²) >= 11 is 6.23. The molecule has 144 valence electrons. The van der Waals surface area contributed by atoms with Crippen LogP contribution in [0.3, 0.4) is 0 Å². The van der Waals surface area contributed by atoms with Gasteiger partial charge in [0.1, 0.15) is 10.9 Å². The molecule has 2 amide bonds. The highest BCUT2D eigenvalue weighted by Gasteiger charge is 2.34. The van der Waals surface area contributed by atoms with Crippen LogP contribution in [0.2, 0.25) is 0 Å². The standard InChI is InChI=1S/C19H13F3N2O2S2/c20-19(21,22)13-7-4-8-14(10-13)23-16(25)11-24-17(26)15(28-18(24)27)9-12-5-2-1-3-6-12/h1-10H,11H2,(H,23,25)/b15-9-. The highest BCUT2D eigenvalue weighted by atomic mass is 32.2. The Bertz CT molecular complexity index is 959. The summed E-state index contributed by atoms with van der Waals surface area (Å²) in [5.74, 6) is -1.06. The van der Waals surface area contributed by atoms with Crippen molar-refractivity contribution >= 4 is 51.9 Å². The SMILES string of the molecule is O=C(CN1C(=O)/C(=C/c2ccccc2)SC1=S)Nc1cccc(C(F)(F)F)c1. The number of benzene rings is 2. The van der Waals surface area contributed by atoms with E-state index in [4.69, 9.17) is 12.2 Å². The number of rotatable bonds is 4. The Labute approximate surface area is 168 Å². The molecule has 0 aromatic heterocycles. The molecule has 2 aromatic carbocycles. The van der Waals surface area contributed by atoms with Crippen molar-refractivity contribution in [3.05, 3.63) is 70.6 Å². The maximum atomic E-state index is 12.8. The van der Waals surface area contributed by atoms with Crippen LogP contribution >= 0.6 is 24.0 Å². The number of amides is 2. The zero-order valence-corrected chi connectivity index (χ0v) is 15.8. The minimum atomic E-state index is -4.51. The molecule has 0 radical (unpaired) electrons. The number of nitrogens with one attached hydrogen (secondary N) is 1. The summed E-state index contributed by atoms with van der Waals surface area (Å²) in [6, 6.07) is 13.4. The monoisotopic (exact) mass is 422 g/mol. The number of halogens is 3. The summed E-state index contributed by atoms with van der Waals surface area (Å²) in [6.45, 7) is -0.382. The lowest BCUT2D eigenvalue weighted by molar-refractivity contribution is -0.137. The van der Waals surface area contributed by atoms with Gasteiger partial charge in [0, 0.05) is 5.69 Å². The third-order valence-corrected chi connectivity index (χ3v) is 5.12. The third kappa shape index (κ3) is 4.79. The van der Waals surface area contributed by atoms with Crippen LogP contribution in [-0.2, 0) is 15.8 Å². The van der Waals surface area contributed by atoms with E-state index in [1.54, 1.807) is 6.08 Å². The Morgan fingerprint density at radius 1 is 1.14 bits per heavy atom. The van der Waals surface area contributed by atoms with E-state index >= 15 is 0 Å². The van der Waals surface area contributed by atoms with Gasteiger partial charge in [-0.25, -0.2) is 0 Å². The first-order valence-electron chi connectivity index (χ1n) is 8.01. The summed E-state index contributed by atoms with van der Waals surface area (Å²) in [5.41, 5.74) is -0.0665. The van der Waals surface area contributed by atoms with Gasteiger partial charge in [0.2, 0.25) is 5.91 Å². The number of hydrogen-bond donors (Lipinski definition) is 1. The molecule has 28 heavy (non-hydrogen) atoms. The Balaban J connectivity index is 1.68. The van der Waals surface area contributed by atoms with Crippen LogP contribution in [0.1, 0.15) is 11.1 Å². The van der Waals surface area contributed by atoms with Crippen LogP contribution in [0.15, 0.2) is 59.5 Å². The van der Waals surface area contributed by atoms with Gasteiger partial charge >= 0.3 is 6.18 Å². The highest BCUT2D eigenvalue weighted by molar-refractivity contribution is 8.26. The van der Waals surface area contributed by atoms with Crippen molar-refractivity contribution in [2.45, 2.75) is 6.18 Å². The van der Waals surface area contributed by atoms with E-state index in [9.17, 15) is 22.8 Å². The predicted molar refractivity (Wildman–Crippen MR) is 106 cm³/mol. The minimum Gasteiger partial charge on any atom is -0.325 e. The second-order valence-electron chi connectivity index (χ2n) is 5.81. The Morgan fingerprint density at radius 3 is 2.54 bits per heavy atom. The minimum absolute atomic E-state index is 0.00917. The number of thioether (sulfide) groups is 1. The van der Waals surface area contributed by atoms with Crippen LogP contribution in [0.25, 0.3) is 6.08 Å². The van der Waals surface area contributed by atoms with Gasteiger partial charge in [-0.3, -0.25) is 14.5 Å². The van der Waals surface area contributed by atoms with E-state index in [1.807, 2.05) is 30.3 Å². The fourth-order valence-electron chi connectivity index (χ4n) is 2.45. The van der Waals surface area contributed by atoms with E-state index in [1.165, 1.54) is 12.1 Å². The topological polar surface area (TPSA) is 49.4 Å². The van der Waals surface area contributed by atoms with Crippen molar-refractivity contribution in [3.63, 3.8) is 0 Å². The van der Waals surface area contributed by atoms with Crippen molar-refractivity contribution in [1.82, 2.24) is 4.90 Å². The lowest BCUT2D eigenvalue weighted by atomic mass is 10.2. The van der Waals surface area contributed by atoms with Gasteiger partial charge in [0.25, 0.3) is 5.91 Å². The molecule has 0 saturated carbocycles. The number of nitrogens with zero attached hydrogens (tertiary/aromatic N) is 1. The van der Waals surface area contributed by atoms with Crippen molar-refractivity contribution in [2.24, 2.45) is 0 Å². The average molecular weight is 422 g/mol. The van der Waals surface area contributed by atoms with Crippen LogP contribution in [0.4, 0.5) is 18.9 Å². The molecule has 9 heteroatoms. The second kappa shape index (κ2) is 8.15. The Kier molecular flexibility index (Phi) is 5.85. The van der Waals surface area contributed by atoms with E-state index in [0.29, 0.717) is 4.91 Å². The first kappa shape index (κ1) is 20.1. The fraction of sp³-hybridized carbons (Fsp3) is 0.105. The molecule has 1 saturated heterocycles. The molecule has 0 bridgehead atoms. The molecule has 3 rings (SSSR count). The summed E-state index contributed by atoms with van der Waals surface area (Å²) in [7, 11) is 0. The summed E-state index contributed by atoms with van der Waals surface area (Å²) in [5, 5.41) is 2.37. The zero-order chi connectivity index (χ0) is 20.3. The first-order valence-corrected chi connectivity index (χ1v) is 9.24. The average Bonchev–Trinajstić information content (AvgIpc) is 2.89. The Morgan fingerprint density at radius 2 is 1.86 bits per heavy atom. The van der Waals surface area contributed by atoms with Crippen LogP contribution in [0, 0.1) is 0 Å². The van der Waals surface area contributed by atoms with Gasteiger partial charge in [0.05, 0.1) is 10.5 Å². The lowest BCUT2D eigenvalue weighted by Crippen LogP contribution is -2.36. The lowest BCUT2D eigenvalue weighted by Gasteiger charge is -2.15. The number of thiocarbonyl (C=S) groups is 1. The summed E-state index contributed by atoms with van der Waals surface area (Å²) in [4.78, 5) is 26.2. The van der Waals surface area contributed by atoms with E-state index < -0.39 is 23.6 Å². The molecule has 0 unspecified atom stereocenters. The van der Waals surface area contributed by atoms with Crippen molar-refractivity contribution < 1.29 is 22.8 Å². The molecule has 0 atom stereocenters. The van der Waals surface area contributed by atoms with Crippen LogP contribution in [0.5, 0.6) is 0 Å². The maximum Gasteiger partial charge on any atom is 0.416 e. The number of hydrogen-bond acceptors (Lipinski definition) is 4. The number of anilines is 1. The summed E-state index contributed by atoms with van der Waals surface area (Å²) in [6.07, 6.45) is -2.84. The number of carbonyl (C=O) groups excluding carboxylic acids is 2. The quantitative estimate of drug-likeness (QED) is 0.580. The molecule has 1 N–H and O–H groups in total. The number of alkyl halides is 3. The molecule has 1 aliphatic heterocycles. The van der Waals surface area contributed by atoms with Gasteiger partial charge < -0.3 is 5.32 Å². The fourth-order valence-corrected chi connectivity index (χ4v) is 3.71. The largest absolute Gasteiger partial charge is 0.416 e. The number of carbonyl (C=O) groups is 2.